The maximum absolute atomic E-state index is 12.8. The SMILES string of the molecule is O=C(CN1Cc2ccccc2C1)Nc1ccc2c(c1)CCN2C(=O)c1cccnc1. The largest absolute Gasteiger partial charge is 0.325 e. The molecule has 30 heavy (non-hydrogen) atoms. The van der Waals surface area contributed by atoms with Gasteiger partial charge < -0.3 is 10.2 Å². The highest BCUT2D eigenvalue weighted by Crippen LogP contribution is 2.31. The predicted octanol–water partition coefficient (Wildman–Crippen LogP) is 3.24. The number of benzene rings is 2. The molecule has 2 amide bonds. The molecule has 2 aromatic carbocycles. The number of nitrogens with one attached hydrogen (secondary N) is 1. The van der Waals surface area contributed by atoms with Crippen LogP contribution >= 0.6 is 0 Å². The van der Waals surface area contributed by atoms with E-state index in [9.17, 15) is 9.59 Å². The Morgan fingerprint density at radius 1 is 0.967 bits per heavy atom. The van der Waals surface area contributed by atoms with Crippen molar-refractivity contribution in [3.05, 3.63) is 89.2 Å². The Bertz CT molecular complexity index is 1090. The highest BCUT2D eigenvalue weighted by Gasteiger charge is 2.26. The van der Waals surface area contributed by atoms with Gasteiger partial charge in [-0.05, 0) is 53.4 Å². The van der Waals surface area contributed by atoms with Crippen LogP contribution in [0.4, 0.5) is 11.4 Å². The Labute approximate surface area is 175 Å². The van der Waals surface area contributed by atoms with E-state index in [1.807, 2.05) is 30.3 Å². The van der Waals surface area contributed by atoms with Crippen LogP contribution < -0.4 is 10.2 Å². The van der Waals surface area contributed by atoms with Gasteiger partial charge in [-0.3, -0.25) is 19.5 Å². The molecular formula is C24H22N4O2. The monoisotopic (exact) mass is 398 g/mol. The minimum Gasteiger partial charge on any atom is -0.325 e. The van der Waals surface area contributed by atoms with Gasteiger partial charge in [-0.1, -0.05) is 24.3 Å². The molecule has 0 atom stereocenters. The fourth-order valence-corrected chi connectivity index (χ4v) is 4.25. The van der Waals surface area contributed by atoms with Gasteiger partial charge in [-0.2, -0.15) is 0 Å². The topological polar surface area (TPSA) is 65.5 Å². The lowest BCUT2D eigenvalue weighted by atomic mass is 10.1. The molecule has 0 radical (unpaired) electrons. The van der Waals surface area contributed by atoms with Crippen molar-refractivity contribution in [2.45, 2.75) is 19.5 Å². The molecule has 3 heterocycles. The van der Waals surface area contributed by atoms with Crippen molar-refractivity contribution in [1.29, 1.82) is 0 Å². The number of pyridine rings is 1. The normalized spacial score (nSPS) is 15.0. The molecule has 0 bridgehead atoms. The second kappa shape index (κ2) is 7.72. The average molecular weight is 398 g/mol. The third-order valence-corrected chi connectivity index (χ3v) is 5.69. The van der Waals surface area contributed by atoms with Gasteiger partial charge in [-0.25, -0.2) is 0 Å². The van der Waals surface area contributed by atoms with Crippen LogP contribution in [0, 0.1) is 0 Å². The highest BCUT2D eigenvalue weighted by molar-refractivity contribution is 6.07. The maximum atomic E-state index is 12.8. The van der Waals surface area contributed by atoms with E-state index in [-0.39, 0.29) is 11.8 Å². The number of hydrogen-bond donors (Lipinski definition) is 1. The third-order valence-electron chi connectivity index (χ3n) is 5.69. The maximum Gasteiger partial charge on any atom is 0.259 e. The summed E-state index contributed by atoms with van der Waals surface area (Å²) >= 11 is 0. The zero-order chi connectivity index (χ0) is 20.5. The van der Waals surface area contributed by atoms with Crippen LogP contribution in [0.2, 0.25) is 0 Å². The first-order chi connectivity index (χ1) is 14.7. The molecule has 0 fully saturated rings. The molecule has 0 saturated heterocycles. The summed E-state index contributed by atoms with van der Waals surface area (Å²) in [6.07, 6.45) is 4.02. The number of fused-ring (bicyclic) bond motifs is 2. The van der Waals surface area contributed by atoms with Crippen molar-refractivity contribution in [2.24, 2.45) is 0 Å². The Hall–Kier alpha value is -3.51. The lowest BCUT2D eigenvalue weighted by Crippen LogP contribution is -2.29. The second-order valence-electron chi connectivity index (χ2n) is 7.75. The Morgan fingerprint density at radius 3 is 2.50 bits per heavy atom. The Morgan fingerprint density at radius 2 is 1.77 bits per heavy atom. The molecule has 1 N–H and O–H groups in total. The summed E-state index contributed by atoms with van der Waals surface area (Å²) in [7, 11) is 0. The van der Waals surface area contributed by atoms with Crippen molar-refractivity contribution in [1.82, 2.24) is 9.88 Å². The van der Waals surface area contributed by atoms with Gasteiger partial charge in [0.2, 0.25) is 5.91 Å². The smallest absolute Gasteiger partial charge is 0.259 e. The van der Waals surface area contributed by atoms with Gasteiger partial charge in [0.15, 0.2) is 0 Å². The molecule has 0 aliphatic carbocycles. The fourth-order valence-electron chi connectivity index (χ4n) is 4.25. The number of nitrogens with zero attached hydrogens (tertiary/aromatic N) is 3. The highest BCUT2D eigenvalue weighted by atomic mass is 16.2. The van der Waals surface area contributed by atoms with Crippen LogP contribution in [0.5, 0.6) is 0 Å². The van der Waals surface area contributed by atoms with Gasteiger partial charge in [0.1, 0.15) is 0 Å². The Kier molecular flexibility index (Phi) is 4.77. The van der Waals surface area contributed by atoms with Crippen LogP contribution in [-0.4, -0.2) is 34.8 Å². The quantitative estimate of drug-likeness (QED) is 0.733. The summed E-state index contributed by atoms with van der Waals surface area (Å²) < 4.78 is 0. The number of anilines is 2. The number of rotatable bonds is 4. The number of aromatic nitrogens is 1. The van der Waals surface area contributed by atoms with Gasteiger partial charge in [0.25, 0.3) is 5.91 Å². The van der Waals surface area contributed by atoms with Gasteiger partial charge >= 0.3 is 0 Å². The summed E-state index contributed by atoms with van der Waals surface area (Å²) in [5, 5.41) is 3.01. The standard InChI is InChI=1S/C24H22N4O2/c29-23(16-27-14-19-4-1-2-5-20(19)15-27)26-21-7-8-22-17(12-21)9-11-28(22)24(30)18-6-3-10-25-13-18/h1-8,10,12-13H,9,11,14-16H2,(H,26,29). The number of carbonyl (C=O) groups excluding carboxylic acids is 2. The molecule has 6 nitrogen and oxygen atoms in total. The zero-order valence-electron chi connectivity index (χ0n) is 16.5. The predicted molar refractivity (Wildman–Crippen MR) is 115 cm³/mol. The molecule has 0 spiro atoms. The second-order valence-corrected chi connectivity index (χ2v) is 7.75. The molecule has 2 aliphatic rings. The lowest BCUT2D eigenvalue weighted by molar-refractivity contribution is -0.117. The van der Waals surface area contributed by atoms with E-state index in [2.05, 4.69) is 27.3 Å². The number of hydrogen-bond acceptors (Lipinski definition) is 4. The van der Waals surface area contributed by atoms with E-state index >= 15 is 0 Å². The van der Waals surface area contributed by atoms with Crippen molar-refractivity contribution in [3.63, 3.8) is 0 Å². The number of amides is 2. The third kappa shape index (κ3) is 3.57. The molecular weight excluding hydrogens is 376 g/mol. The van der Waals surface area contributed by atoms with Crippen molar-refractivity contribution in [3.8, 4) is 0 Å². The summed E-state index contributed by atoms with van der Waals surface area (Å²) in [5.41, 5.74) is 5.90. The van der Waals surface area contributed by atoms with E-state index in [0.717, 1.165) is 36.4 Å². The minimum atomic E-state index is -0.0489. The van der Waals surface area contributed by atoms with E-state index in [1.165, 1.54) is 11.1 Å². The first-order valence-electron chi connectivity index (χ1n) is 10.1. The molecule has 0 saturated carbocycles. The van der Waals surface area contributed by atoms with Gasteiger partial charge in [0, 0.05) is 43.4 Å². The van der Waals surface area contributed by atoms with E-state index in [0.29, 0.717) is 18.7 Å². The van der Waals surface area contributed by atoms with E-state index in [1.54, 1.807) is 29.4 Å². The first-order valence-corrected chi connectivity index (χ1v) is 10.1. The summed E-state index contributed by atoms with van der Waals surface area (Å²) in [4.78, 5) is 33.3. The minimum absolute atomic E-state index is 0.0240. The fraction of sp³-hybridized carbons (Fsp3) is 0.208. The van der Waals surface area contributed by atoms with Crippen LogP contribution in [0.15, 0.2) is 67.0 Å². The van der Waals surface area contributed by atoms with Crippen LogP contribution in [-0.2, 0) is 24.3 Å². The average Bonchev–Trinajstić information content (AvgIpc) is 3.36. The summed E-state index contributed by atoms with van der Waals surface area (Å²) in [5.74, 6) is -0.0729. The summed E-state index contributed by atoms with van der Waals surface area (Å²) in [6.45, 7) is 2.60. The molecule has 3 aromatic rings. The van der Waals surface area contributed by atoms with Crippen molar-refractivity contribution in [2.75, 3.05) is 23.3 Å². The molecule has 5 rings (SSSR count). The lowest BCUT2D eigenvalue weighted by Gasteiger charge is -2.18. The van der Waals surface area contributed by atoms with Crippen LogP contribution in [0.25, 0.3) is 0 Å². The van der Waals surface area contributed by atoms with Crippen LogP contribution in [0.1, 0.15) is 27.0 Å². The van der Waals surface area contributed by atoms with Crippen molar-refractivity contribution >= 4 is 23.2 Å². The number of carbonyl (C=O) groups is 2. The van der Waals surface area contributed by atoms with Crippen molar-refractivity contribution < 1.29 is 9.59 Å². The van der Waals surface area contributed by atoms with Gasteiger partial charge in [-0.15, -0.1) is 0 Å². The molecule has 0 unspecified atom stereocenters. The Balaban J connectivity index is 1.23. The van der Waals surface area contributed by atoms with E-state index in [4.69, 9.17) is 0 Å². The molecule has 150 valence electrons. The summed E-state index contributed by atoms with van der Waals surface area (Å²) in [6, 6.07) is 17.6. The first kappa shape index (κ1) is 18.5. The van der Waals surface area contributed by atoms with Crippen LogP contribution in [0.3, 0.4) is 0 Å². The molecule has 6 heteroatoms. The molecule has 1 aromatic heterocycles. The zero-order valence-corrected chi connectivity index (χ0v) is 16.5. The molecule has 2 aliphatic heterocycles. The van der Waals surface area contributed by atoms with Gasteiger partial charge in [0.05, 0.1) is 12.1 Å². The van der Waals surface area contributed by atoms with E-state index < -0.39 is 0 Å².